The lowest BCUT2D eigenvalue weighted by atomic mass is 9.87. The fourth-order valence-electron chi connectivity index (χ4n) is 3.33. The smallest absolute Gasteiger partial charge is 0.331 e. The molecule has 1 aromatic heterocycles. The van der Waals surface area contributed by atoms with Crippen molar-refractivity contribution in [2.24, 2.45) is 0 Å². The fraction of sp³-hybridized carbons (Fsp3) is 0.318. The van der Waals surface area contributed by atoms with Crippen LogP contribution >= 0.6 is 11.3 Å². The van der Waals surface area contributed by atoms with Gasteiger partial charge in [0.05, 0.1) is 12.1 Å². The summed E-state index contributed by atoms with van der Waals surface area (Å²) < 4.78 is 0. The van der Waals surface area contributed by atoms with E-state index in [0.29, 0.717) is 11.6 Å². The highest BCUT2D eigenvalue weighted by Crippen LogP contribution is 2.33. The minimum atomic E-state index is -1.16. The first-order valence-corrected chi connectivity index (χ1v) is 10.3. The van der Waals surface area contributed by atoms with Crippen LogP contribution in [0.5, 0.6) is 0 Å². The monoisotopic (exact) mass is 396 g/mol. The molecule has 0 radical (unpaired) electrons. The van der Waals surface area contributed by atoms with Crippen LogP contribution in [-0.2, 0) is 9.59 Å². The van der Waals surface area contributed by atoms with Crippen LogP contribution in [0.1, 0.15) is 60.7 Å². The quantitative estimate of drug-likeness (QED) is 0.620. The molecule has 1 aromatic carbocycles. The first-order valence-electron chi connectivity index (χ1n) is 9.46. The van der Waals surface area contributed by atoms with E-state index in [1.54, 1.807) is 17.4 Å². The number of rotatable bonds is 7. The molecule has 6 heteroatoms. The van der Waals surface area contributed by atoms with Gasteiger partial charge in [-0.1, -0.05) is 44.1 Å². The van der Waals surface area contributed by atoms with Crippen molar-refractivity contribution in [3.05, 3.63) is 58.1 Å². The number of hydrogen-bond acceptors (Lipinski definition) is 4. The SMILES string of the molecule is C=C(CC(=O)Nc1cccc(/C=C/c2nc(C3CCCCC3)cs2)c1)C(=O)O. The lowest BCUT2D eigenvalue weighted by Crippen LogP contribution is -2.14. The second kappa shape index (κ2) is 9.46. The summed E-state index contributed by atoms with van der Waals surface area (Å²) in [5.41, 5.74) is 2.63. The van der Waals surface area contributed by atoms with Crippen molar-refractivity contribution in [1.29, 1.82) is 0 Å². The minimum absolute atomic E-state index is 0.133. The van der Waals surface area contributed by atoms with Crippen LogP contribution in [0.15, 0.2) is 41.8 Å². The highest BCUT2D eigenvalue weighted by molar-refractivity contribution is 7.10. The summed E-state index contributed by atoms with van der Waals surface area (Å²) in [5.74, 6) is -0.959. The second-order valence-corrected chi connectivity index (χ2v) is 7.93. The molecule has 0 aliphatic heterocycles. The Kier molecular flexibility index (Phi) is 6.76. The van der Waals surface area contributed by atoms with E-state index in [-0.39, 0.29) is 12.0 Å². The van der Waals surface area contributed by atoms with Crippen LogP contribution in [0.4, 0.5) is 5.69 Å². The van der Waals surface area contributed by atoms with E-state index in [1.165, 1.54) is 37.8 Å². The van der Waals surface area contributed by atoms with E-state index >= 15 is 0 Å². The lowest BCUT2D eigenvalue weighted by Gasteiger charge is -2.19. The Balaban J connectivity index is 1.61. The van der Waals surface area contributed by atoms with Gasteiger partial charge in [0.15, 0.2) is 0 Å². The Labute approximate surface area is 168 Å². The molecule has 1 aliphatic rings. The number of nitrogens with zero attached hydrogens (tertiary/aromatic N) is 1. The summed E-state index contributed by atoms with van der Waals surface area (Å²) in [6.07, 6.45) is 10.1. The van der Waals surface area contributed by atoms with Crippen molar-refractivity contribution in [1.82, 2.24) is 4.98 Å². The van der Waals surface area contributed by atoms with Crippen molar-refractivity contribution in [3.63, 3.8) is 0 Å². The average molecular weight is 397 g/mol. The number of hydrogen-bond donors (Lipinski definition) is 2. The summed E-state index contributed by atoms with van der Waals surface area (Å²) in [7, 11) is 0. The van der Waals surface area contributed by atoms with Crippen molar-refractivity contribution in [2.45, 2.75) is 44.4 Å². The standard InChI is InChI=1S/C22H24N2O3S/c1-15(22(26)27)12-20(25)23-18-9-5-6-16(13-18)10-11-21-24-19(14-28-21)17-7-3-2-4-8-17/h5-6,9-11,13-14,17H,1-4,7-8,12H2,(H,23,25)(H,26,27)/b11-10+. The molecule has 3 rings (SSSR count). The number of benzene rings is 1. The Morgan fingerprint density at radius 3 is 2.79 bits per heavy atom. The number of carboxylic acids is 1. The molecule has 1 aliphatic carbocycles. The summed E-state index contributed by atoms with van der Waals surface area (Å²) in [6, 6.07) is 7.39. The maximum absolute atomic E-state index is 11.9. The van der Waals surface area contributed by atoms with Crippen molar-refractivity contribution in [2.75, 3.05) is 5.32 Å². The van der Waals surface area contributed by atoms with Crippen molar-refractivity contribution < 1.29 is 14.7 Å². The lowest BCUT2D eigenvalue weighted by molar-refractivity contribution is -0.133. The number of carboxylic acid groups (broad SMARTS) is 1. The van der Waals surface area contributed by atoms with E-state index in [4.69, 9.17) is 10.1 Å². The van der Waals surface area contributed by atoms with E-state index in [9.17, 15) is 9.59 Å². The summed E-state index contributed by atoms with van der Waals surface area (Å²) in [5, 5.41) is 14.7. The minimum Gasteiger partial charge on any atom is -0.478 e. The maximum Gasteiger partial charge on any atom is 0.331 e. The van der Waals surface area contributed by atoms with Crippen LogP contribution in [0.2, 0.25) is 0 Å². The molecule has 146 valence electrons. The third kappa shape index (κ3) is 5.63. The molecular weight excluding hydrogens is 372 g/mol. The summed E-state index contributed by atoms with van der Waals surface area (Å²) in [6.45, 7) is 3.37. The molecule has 0 spiro atoms. The number of thiazole rings is 1. The molecular formula is C22H24N2O3S. The van der Waals surface area contributed by atoms with Crippen molar-refractivity contribution in [3.8, 4) is 0 Å². The Morgan fingerprint density at radius 2 is 2.04 bits per heavy atom. The average Bonchev–Trinajstić information content (AvgIpc) is 3.16. The first kappa shape index (κ1) is 20.0. The molecule has 2 N–H and O–H groups in total. The Hall–Kier alpha value is -2.73. The third-order valence-corrected chi connectivity index (χ3v) is 5.66. The normalized spacial score (nSPS) is 14.9. The third-order valence-electron chi connectivity index (χ3n) is 4.83. The topological polar surface area (TPSA) is 79.3 Å². The van der Waals surface area contributed by atoms with Gasteiger partial charge in [0.1, 0.15) is 5.01 Å². The van der Waals surface area contributed by atoms with Crippen LogP contribution in [0.3, 0.4) is 0 Å². The number of nitrogens with one attached hydrogen (secondary N) is 1. The van der Waals surface area contributed by atoms with Gasteiger partial charge in [-0.05, 0) is 36.6 Å². The van der Waals surface area contributed by atoms with E-state index in [2.05, 4.69) is 17.3 Å². The van der Waals surface area contributed by atoms with Gasteiger partial charge >= 0.3 is 5.97 Å². The van der Waals surface area contributed by atoms with E-state index < -0.39 is 11.9 Å². The first-order chi connectivity index (χ1) is 13.5. The predicted octanol–water partition coefficient (Wildman–Crippen LogP) is 5.33. The number of carbonyl (C=O) groups excluding carboxylic acids is 1. The van der Waals surface area contributed by atoms with Crippen LogP contribution in [0, 0.1) is 0 Å². The zero-order chi connectivity index (χ0) is 19.9. The molecule has 28 heavy (non-hydrogen) atoms. The Bertz CT molecular complexity index is 895. The van der Waals surface area contributed by atoms with Gasteiger partial charge in [-0.15, -0.1) is 11.3 Å². The molecule has 0 saturated heterocycles. The molecule has 1 saturated carbocycles. The van der Waals surface area contributed by atoms with Crippen LogP contribution in [-0.4, -0.2) is 22.0 Å². The van der Waals surface area contributed by atoms with Crippen molar-refractivity contribution >= 4 is 41.1 Å². The Morgan fingerprint density at radius 1 is 1.25 bits per heavy atom. The molecule has 0 unspecified atom stereocenters. The fourth-order valence-corrected chi connectivity index (χ4v) is 4.12. The summed E-state index contributed by atoms with van der Waals surface area (Å²) in [4.78, 5) is 27.4. The van der Waals surface area contributed by atoms with Crippen LogP contribution in [0.25, 0.3) is 12.2 Å². The molecule has 1 heterocycles. The highest BCUT2D eigenvalue weighted by Gasteiger charge is 2.17. The van der Waals surface area contributed by atoms with Gasteiger partial charge < -0.3 is 10.4 Å². The maximum atomic E-state index is 11.9. The number of aliphatic carboxylic acids is 1. The molecule has 0 bridgehead atoms. The van der Waals surface area contributed by atoms with Gasteiger partial charge in [-0.3, -0.25) is 4.79 Å². The summed E-state index contributed by atoms with van der Waals surface area (Å²) >= 11 is 1.65. The van der Waals surface area contributed by atoms with Gasteiger partial charge in [-0.2, -0.15) is 0 Å². The van der Waals surface area contributed by atoms with E-state index in [1.807, 2.05) is 30.4 Å². The molecule has 1 fully saturated rings. The predicted molar refractivity (Wildman–Crippen MR) is 113 cm³/mol. The number of carbonyl (C=O) groups is 2. The molecule has 1 amide bonds. The number of anilines is 1. The van der Waals surface area contributed by atoms with Crippen LogP contribution < -0.4 is 5.32 Å². The highest BCUT2D eigenvalue weighted by atomic mass is 32.1. The molecule has 0 atom stereocenters. The number of amides is 1. The number of aromatic nitrogens is 1. The second-order valence-electron chi connectivity index (χ2n) is 7.04. The largest absolute Gasteiger partial charge is 0.478 e. The van der Waals surface area contributed by atoms with Gasteiger partial charge in [-0.25, -0.2) is 9.78 Å². The zero-order valence-corrected chi connectivity index (χ0v) is 16.5. The van der Waals surface area contributed by atoms with Gasteiger partial charge in [0, 0.05) is 22.6 Å². The zero-order valence-electron chi connectivity index (χ0n) is 15.7. The molecule has 2 aromatic rings. The van der Waals surface area contributed by atoms with E-state index in [0.717, 1.165) is 10.6 Å². The molecule has 5 nitrogen and oxygen atoms in total. The van der Waals surface area contributed by atoms with Gasteiger partial charge in [0.2, 0.25) is 5.91 Å². The van der Waals surface area contributed by atoms with Gasteiger partial charge in [0.25, 0.3) is 0 Å².